The maximum atomic E-state index is 13.3. The SMILES string of the molecule is Nc1c(F)cccc1C(=O)Nc1ccc(Cl)cc1[N+](=O)[O-]. The number of nitro groups is 1. The fraction of sp³-hybridized carbons (Fsp3) is 0. The number of nitrogens with zero attached hydrogens (tertiary/aromatic N) is 1. The monoisotopic (exact) mass is 309 g/mol. The lowest BCUT2D eigenvalue weighted by molar-refractivity contribution is -0.383. The van der Waals surface area contributed by atoms with Crippen LogP contribution in [0.3, 0.4) is 0 Å². The molecule has 6 nitrogen and oxygen atoms in total. The van der Waals surface area contributed by atoms with Gasteiger partial charge in [0.1, 0.15) is 11.5 Å². The lowest BCUT2D eigenvalue weighted by Crippen LogP contribution is -2.15. The van der Waals surface area contributed by atoms with Crippen LogP contribution >= 0.6 is 11.6 Å². The molecule has 2 aromatic rings. The number of nitro benzene ring substituents is 1. The maximum absolute atomic E-state index is 13.3. The molecule has 108 valence electrons. The number of hydrogen-bond acceptors (Lipinski definition) is 4. The zero-order chi connectivity index (χ0) is 15.6. The van der Waals surface area contributed by atoms with E-state index in [0.29, 0.717) is 0 Å². The van der Waals surface area contributed by atoms with Gasteiger partial charge in [0.2, 0.25) is 0 Å². The van der Waals surface area contributed by atoms with E-state index in [1.54, 1.807) is 0 Å². The minimum atomic E-state index is -0.752. The summed E-state index contributed by atoms with van der Waals surface area (Å²) in [6.07, 6.45) is 0. The van der Waals surface area contributed by atoms with Crippen molar-refractivity contribution in [3.05, 3.63) is 62.9 Å². The first-order chi connectivity index (χ1) is 9.90. The zero-order valence-corrected chi connectivity index (χ0v) is 11.2. The van der Waals surface area contributed by atoms with Gasteiger partial charge < -0.3 is 11.1 Å². The maximum Gasteiger partial charge on any atom is 0.294 e. The molecule has 0 spiro atoms. The molecule has 0 aliphatic carbocycles. The molecule has 0 fully saturated rings. The first kappa shape index (κ1) is 14.7. The summed E-state index contributed by atoms with van der Waals surface area (Å²) in [4.78, 5) is 22.3. The van der Waals surface area contributed by atoms with Crippen LogP contribution in [0.1, 0.15) is 10.4 Å². The number of carbonyl (C=O) groups excluding carboxylic acids is 1. The van der Waals surface area contributed by atoms with Gasteiger partial charge in [0, 0.05) is 11.1 Å². The Morgan fingerprint density at radius 2 is 2.05 bits per heavy atom. The Kier molecular flexibility index (Phi) is 4.04. The van der Waals surface area contributed by atoms with Crippen LogP contribution in [0.5, 0.6) is 0 Å². The van der Waals surface area contributed by atoms with Crippen molar-refractivity contribution < 1.29 is 14.1 Å². The van der Waals surface area contributed by atoms with Crippen LogP contribution in [-0.2, 0) is 0 Å². The summed E-state index contributed by atoms with van der Waals surface area (Å²) in [6, 6.07) is 7.52. The van der Waals surface area contributed by atoms with Crippen molar-refractivity contribution in [2.45, 2.75) is 0 Å². The van der Waals surface area contributed by atoms with Crippen LogP contribution in [0.2, 0.25) is 5.02 Å². The number of anilines is 2. The number of para-hydroxylation sites is 1. The minimum Gasteiger partial charge on any atom is -0.396 e. The second kappa shape index (κ2) is 5.76. The summed E-state index contributed by atoms with van der Waals surface area (Å²) >= 11 is 5.67. The van der Waals surface area contributed by atoms with Gasteiger partial charge in [0.25, 0.3) is 11.6 Å². The number of amides is 1. The van der Waals surface area contributed by atoms with Crippen LogP contribution in [-0.4, -0.2) is 10.8 Å². The Hall–Kier alpha value is -2.67. The van der Waals surface area contributed by atoms with Crippen LogP contribution in [0.25, 0.3) is 0 Å². The molecule has 2 aromatic carbocycles. The Balaban J connectivity index is 2.36. The van der Waals surface area contributed by atoms with Crippen LogP contribution in [0.4, 0.5) is 21.5 Å². The van der Waals surface area contributed by atoms with Crippen molar-refractivity contribution in [2.24, 2.45) is 0 Å². The van der Waals surface area contributed by atoms with Gasteiger partial charge in [-0.15, -0.1) is 0 Å². The third-order valence-electron chi connectivity index (χ3n) is 2.70. The van der Waals surface area contributed by atoms with E-state index in [2.05, 4.69) is 5.32 Å². The molecular formula is C13H9ClFN3O3. The number of hydrogen-bond donors (Lipinski definition) is 2. The van der Waals surface area contributed by atoms with E-state index < -0.39 is 16.6 Å². The molecule has 0 aliphatic rings. The van der Waals surface area contributed by atoms with Crippen molar-refractivity contribution in [1.82, 2.24) is 0 Å². The van der Waals surface area contributed by atoms with Gasteiger partial charge in [-0.05, 0) is 24.3 Å². The molecule has 0 heterocycles. The number of nitrogens with one attached hydrogen (secondary N) is 1. The molecule has 0 aromatic heterocycles. The lowest BCUT2D eigenvalue weighted by atomic mass is 10.1. The molecule has 3 N–H and O–H groups in total. The highest BCUT2D eigenvalue weighted by molar-refractivity contribution is 6.31. The van der Waals surface area contributed by atoms with E-state index in [9.17, 15) is 19.3 Å². The number of carbonyl (C=O) groups is 1. The Morgan fingerprint density at radius 1 is 1.33 bits per heavy atom. The van der Waals surface area contributed by atoms with Crippen LogP contribution < -0.4 is 11.1 Å². The quantitative estimate of drug-likeness (QED) is 0.516. The second-order valence-electron chi connectivity index (χ2n) is 4.07. The Bertz CT molecular complexity index is 737. The van der Waals surface area contributed by atoms with E-state index in [1.165, 1.54) is 24.3 Å². The van der Waals surface area contributed by atoms with Crippen molar-refractivity contribution in [1.29, 1.82) is 0 Å². The van der Waals surface area contributed by atoms with E-state index in [-0.39, 0.29) is 27.6 Å². The Labute approximate surface area is 123 Å². The second-order valence-corrected chi connectivity index (χ2v) is 4.51. The molecule has 0 aliphatic heterocycles. The average Bonchev–Trinajstić information content (AvgIpc) is 2.43. The molecule has 1 amide bonds. The fourth-order valence-electron chi connectivity index (χ4n) is 1.69. The fourth-order valence-corrected chi connectivity index (χ4v) is 1.85. The van der Waals surface area contributed by atoms with E-state index >= 15 is 0 Å². The number of nitrogen functional groups attached to an aromatic ring is 1. The summed E-state index contributed by atoms with van der Waals surface area (Å²) in [5.74, 6) is -1.49. The molecule has 0 saturated carbocycles. The molecule has 0 radical (unpaired) electrons. The van der Waals surface area contributed by atoms with Crippen molar-refractivity contribution >= 4 is 34.6 Å². The molecule has 0 saturated heterocycles. The molecular weight excluding hydrogens is 301 g/mol. The Morgan fingerprint density at radius 3 is 2.71 bits per heavy atom. The van der Waals surface area contributed by atoms with Gasteiger partial charge in [-0.1, -0.05) is 17.7 Å². The van der Waals surface area contributed by atoms with Gasteiger partial charge in [-0.3, -0.25) is 14.9 Å². The predicted molar refractivity (Wildman–Crippen MR) is 76.9 cm³/mol. The first-order valence-corrected chi connectivity index (χ1v) is 6.07. The summed E-state index contributed by atoms with van der Waals surface area (Å²) in [6.45, 7) is 0. The molecule has 8 heteroatoms. The largest absolute Gasteiger partial charge is 0.396 e. The van der Waals surface area contributed by atoms with Gasteiger partial charge in [0.05, 0.1) is 16.2 Å². The number of rotatable bonds is 3. The number of nitrogens with two attached hydrogens (primary N) is 1. The minimum absolute atomic E-state index is 0.0574. The van der Waals surface area contributed by atoms with E-state index in [4.69, 9.17) is 17.3 Å². The average molecular weight is 310 g/mol. The molecule has 0 bridgehead atoms. The van der Waals surface area contributed by atoms with Gasteiger partial charge in [-0.25, -0.2) is 4.39 Å². The smallest absolute Gasteiger partial charge is 0.294 e. The number of benzene rings is 2. The standard InChI is InChI=1S/C13H9ClFN3O3/c14-7-4-5-10(11(6-7)18(20)21)17-13(19)8-2-1-3-9(15)12(8)16/h1-6H,16H2,(H,17,19). The molecule has 21 heavy (non-hydrogen) atoms. The highest BCUT2D eigenvalue weighted by atomic mass is 35.5. The molecule has 2 rings (SSSR count). The zero-order valence-electron chi connectivity index (χ0n) is 10.5. The lowest BCUT2D eigenvalue weighted by Gasteiger charge is -2.08. The van der Waals surface area contributed by atoms with Crippen LogP contribution in [0.15, 0.2) is 36.4 Å². The van der Waals surface area contributed by atoms with Crippen LogP contribution in [0, 0.1) is 15.9 Å². The van der Waals surface area contributed by atoms with Crippen molar-refractivity contribution in [2.75, 3.05) is 11.1 Å². The summed E-state index contributed by atoms with van der Waals surface area (Å²) < 4.78 is 13.3. The molecule has 0 unspecified atom stereocenters. The van der Waals surface area contributed by atoms with Gasteiger partial charge in [-0.2, -0.15) is 0 Å². The van der Waals surface area contributed by atoms with Gasteiger partial charge >= 0.3 is 0 Å². The van der Waals surface area contributed by atoms with E-state index in [0.717, 1.165) is 12.1 Å². The van der Waals surface area contributed by atoms with Crippen molar-refractivity contribution in [3.63, 3.8) is 0 Å². The predicted octanol–water partition coefficient (Wildman–Crippen LogP) is 3.22. The summed E-state index contributed by atoms with van der Waals surface area (Å²) in [7, 11) is 0. The van der Waals surface area contributed by atoms with Crippen molar-refractivity contribution in [3.8, 4) is 0 Å². The first-order valence-electron chi connectivity index (χ1n) is 5.69. The third kappa shape index (κ3) is 3.09. The normalized spacial score (nSPS) is 10.2. The number of halogens is 2. The summed E-state index contributed by atoms with van der Waals surface area (Å²) in [5.41, 5.74) is 4.60. The topological polar surface area (TPSA) is 98.3 Å². The third-order valence-corrected chi connectivity index (χ3v) is 2.94. The highest BCUT2D eigenvalue weighted by Gasteiger charge is 2.19. The van der Waals surface area contributed by atoms with E-state index in [1.807, 2.05) is 0 Å². The summed E-state index contributed by atoms with van der Waals surface area (Å²) in [5, 5.41) is 13.4. The van der Waals surface area contributed by atoms with Gasteiger partial charge in [0.15, 0.2) is 0 Å². The molecule has 0 atom stereocenters. The highest BCUT2D eigenvalue weighted by Crippen LogP contribution is 2.28.